The standard InChI is InChI=1S/C72H48N6/c1-7-20-51(21-8-1)63-46-66(76-70(73-63)58-26-13-4-14-27-58)54-38-34-49(35-39-54)61-32-19-33-62(50-36-40-55(41-37-50)67-47-64(52-22-9-2-10-23-52)74-71(77-67)59-28-15-5-16-29-59)69(61)57-44-42-56(43-45-57)68-48-65(53-24-11-3-12-25-53)75-72(78-68)60-30-17-6-18-31-60/h1-48H. The van der Waals surface area contributed by atoms with Crippen LogP contribution in [0.15, 0.2) is 291 Å². The first kappa shape index (κ1) is 47.2. The molecule has 0 fully saturated rings. The summed E-state index contributed by atoms with van der Waals surface area (Å²) in [5, 5.41) is 0. The van der Waals surface area contributed by atoms with E-state index in [0.29, 0.717) is 17.5 Å². The van der Waals surface area contributed by atoms with Gasteiger partial charge in [0.2, 0.25) is 0 Å². The van der Waals surface area contributed by atoms with E-state index in [-0.39, 0.29) is 0 Å². The van der Waals surface area contributed by atoms with Crippen LogP contribution in [0.3, 0.4) is 0 Å². The van der Waals surface area contributed by atoms with Crippen molar-refractivity contribution in [1.29, 1.82) is 0 Å². The van der Waals surface area contributed by atoms with E-state index in [1.807, 2.05) is 109 Å². The lowest BCUT2D eigenvalue weighted by Gasteiger charge is -2.18. The van der Waals surface area contributed by atoms with Crippen LogP contribution in [0.4, 0.5) is 0 Å². The van der Waals surface area contributed by atoms with Crippen LogP contribution < -0.4 is 0 Å². The van der Waals surface area contributed by atoms with E-state index in [1.54, 1.807) is 0 Å². The second kappa shape index (κ2) is 21.4. The Bertz CT molecular complexity index is 3820. The predicted octanol–water partition coefficient (Wildman–Crippen LogP) is 18.1. The van der Waals surface area contributed by atoms with Crippen LogP contribution in [0.1, 0.15) is 0 Å². The third kappa shape index (κ3) is 9.93. The van der Waals surface area contributed by atoms with Gasteiger partial charge in [-0.1, -0.05) is 273 Å². The summed E-state index contributed by atoms with van der Waals surface area (Å²) in [6.07, 6.45) is 0. The Hall–Kier alpha value is -10.6. The summed E-state index contributed by atoms with van der Waals surface area (Å²) in [7, 11) is 0. The maximum atomic E-state index is 5.16. The fourth-order valence-corrected chi connectivity index (χ4v) is 10.00. The molecule has 0 amide bonds. The maximum absolute atomic E-state index is 5.16. The van der Waals surface area contributed by atoms with Crippen molar-refractivity contribution in [3.8, 4) is 135 Å². The summed E-state index contributed by atoms with van der Waals surface area (Å²) in [5.41, 5.74) is 20.7. The van der Waals surface area contributed by atoms with Gasteiger partial charge in [-0.05, 0) is 51.6 Å². The highest BCUT2D eigenvalue weighted by Gasteiger charge is 2.19. The van der Waals surface area contributed by atoms with E-state index < -0.39 is 0 Å². The Balaban J connectivity index is 0.920. The molecule has 0 saturated carbocycles. The van der Waals surface area contributed by atoms with Crippen molar-refractivity contribution in [3.63, 3.8) is 0 Å². The van der Waals surface area contributed by atoms with Crippen molar-refractivity contribution in [3.05, 3.63) is 291 Å². The lowest BCUT2D eigenvalue weighted by Crippen LogP contribution is -1.96. The predicted molar refractivity (Wildman–Crippen MR) is 318 cm³/mol. The van der Waals surface area contributed by atoms with Gasteiger partial charge in [-0.2, -0.15) is 0 Å². The SMILES string of the molecule is c1ccc(-c2cc(-c3ccc(-c4cccc(-c5ccc(-c6cc(-c7ccccc7)nc(-c7ccccc7)n6)cc5)c4-c4ccc(-c5cc(-c6ccccc6)nc(-c6ccccc6)n5)cc4)cc3)nc(-c3ccccc3)n2)cc1. The number of nitrogens with zero attached hydrogens (tertiary/aromatic N) is 6. The molecule has 366 valence electrons. The Labute approximate surface area is 453 Å². The quantitative estimate of drug-likeness (QED) is 0.121. The fourth-order valence-electron chi connectivity index (χ4n) is 10.00. The van der Waals surface area contributed by atoms with Gasteiger partial charge in [0.1, 0.15) is 0 Å². The Kier molecular flexibility index (Phi) is 12.9. The minimum atomic E-state index is 0.680. The summed E-state index contributed by atoms with van der Waals surface area (Å²) < 4.78 is 0. The Morgan fingerprint density at radius 3 is 0.615 bits per heavy atom. The first-order valence-electron chi connectivity index (χ1n) is 26.1. The van der Waals surface area contributed by atoms with Crippen LogP contribution in [-0.4, -0.2) is 29.9 Å². The maximum Gasteiger partial charge on any atom is 0.160 e. The van der Waals surface area contributed by atoms with Crippen molar-refractivity contribution >= 4 is 0 Å². The van der Waals surface area contributed by atoms with Crippen LogP contribution >= 0.6 is 0 Å². The van der Waals surface area contributed by atoms with Crippen LogP contribution in [0.2, 0.25) is 0 Å². The average Bonchev–Trinajstić information content (AvgIpc) is 3.55. The summed E-state index contributed by atoms with van der Waals surface area (Å²) in [6, 6.07) is 101. The van der Waals surface area contributed by atoms with E-state index >= 15 is 0 Å². The number of aromatic nitrogens is 6. The highest BCUT2D eigenvalue weighted by molar-refractivity contribution is 5.95. The molecule has 0 atom stereocenters. The van der Waals surface area contributed by atoms with Crippen molar-refractivity contribution < 1.29 is 0 Å². The Morgan fingerprint density at radius 1 is 0.154 bits per heavy atom. The van der Waals surface area contributed by atoms with Crippen molar-refractivity contribution in [1.82, 2.24) is 29.9 Å². The van der Waals surface area contributed by atoms with Crippen LogP contribution in [-0.2, 0) is 0 Å². The molecule has 6 heteroatoms. The van der Waals surface area contributed by atoms with Gasteiger partial charge in [0.25, 0.3) is 0 Å². The molecular formula is C72H48N6. The summed E-state index contributed by atoms with van der Waals surface area (Å²) >= 11 is 0. The summed E-state index contributed by atoms with van der Waals surface area (Å²) in [5.74, 6) is 2.05. The van der Waals surface area contributed by atoms with E-state index in [0.717, 1.165) is 118 Å². The molecule has 0 bridgehead atoms. The number of rotatable bonds is 12. The minimum absolute atomic E-state index is 0.680. The van der Waals surface area contributed by atoms with Gasteiger partial charge < -0.3 is 0 Å². The van der Waals surface area contributed by atoms with Gasteiger partial charge in [-0.15, -0.1) is 0 Å². The average molecular weight is 997 g/mol. The molecular weight excluding hydrogens is 949 g/mol. The molecule has 0 radical (unpaired) electrons. The molecule has 0 unspecified atom stereocenters. The van der Waals surface area contributed by atoms with Crippen LogP contribution in [0.5, 0.6) is 0 Å². The van der Waals surface area contributed by atoms with Gasteiger partial charge in [0.15, 0.2) is 17.5 Å². The van der Waals surface area contributed by atoms with Gasteiger partial charge in [-0.3, -0.25) is 0 Å². The zero-order chi connectivity index (χ0) is 52.0. The number of benzene rings is 10. The van der Waals surface area contributed by atoms with Gasteiger partial charge >= 0.3 is 0 Å². The third-order valence-electron chi connectivity index (χ3n) is 14.0. The van der Waals surface area contributed by atoms with E-state index in [2.05, 4.69) is 182 Å². The molecule has 0 aliphatic carbocycles. The topological polar surface area (TPSA) is 77.3 Å². The normalized spacial score (nSPS) is 11.1. The van der Waals surface area contributed by atoms with Gasteiger partial charge in [-0.25, -0.2) is 29.9 Å². The molecule has 0 aliphatic heterocycles. The molecule has 0 aliphatic rings. The van der Waals surface area contributed by atoms with Crippen molar-refractivity contribution in [2.75, 3.05) is 0 Å². The smallest absolute Gasteiger partial charge is 0.160 e. The number of hydrogen-bond donors (Lipinski definition) is 0. The fraction of sp³-hybridized carbons (Fsp3) is 0. The molecule has 3 aromatic heterocycles. The first-order chi connectivity index (χ1) is 38.6. The largest absolute Gasteiger partial charge is 0.228 e. The third-order valence-corrected chi connectivity index (χ3v) is 14.0. The minimum Gasteiger partial charge on any atom is -0.228 e. The first-order valence-corrected chi connectivity index (χ1v) is 26.1. The van der Waals surface area contributed by atoms with Gasteiger partial charge in [0.05, 0.1) is 34.2 Å². The number of hydrogen-bond acceptors (Lipinski definition) is 6. The molecule has 78 heavy (non-hydrogen) atoms. The lowest BCUT2D eigenvalue weighted by molar-refractivity contribution is 1.18. The molecule has 13 aromatic rings. The summed E-state index contributed by atoms with van der Waals surface area (Å²) in [6.45, 7) is 0. The summed E-state index contributed by atoms with van der Waals surface area (Å²) in [4.78, 5) is 30.6. The zero-order valence-electron chi connectivity index (χ0n) is 42.4. The van der Waals surface area contributed by atoms with Gasteiger partial charge in [0, 0.05) is 50.1 Å². The van der Waals surface area contributed by atoms with E-state index in [1.165, 1.54) is 0 Å². The van der Waals surface area contributed by atoms with E-state index in [9.17, 15) is 0 Å². The van der Waals surface area contributed by atoms with Crippen LogP contribution in [0, 0.1) is 0 Å². The molecule has 0 N–H and O–H groups in total. The molecule has 6 nitrogen and oxygen atoms in total. The van der Waals surface area contributed by atoms with Crippen LogP contribution in [0.25, 0.3) is 135 Å². The molecule has 0 saturated heterocycles. The molecule has 13 rings (SSSR count). The molecule has 10 aromatic carbocycles. The highest BCUT2D eigenvalue weighted by atomic mass is 14.9. The molecule has 3 heterocycles. The lowest BCUT2D eigenvalue weighted by atomic mass is 9.86. The van der Waals surface area contributed by atoms with E-state index in [4.69, 9.17) is 29.9 Å². The highest BCUT2D eigenvalue weighted by Crippen LogP contribution is 2.42. The van der Waals surface area contributed by atoms with Crippen molar-refractivity contribution in [2.24, 2.45) is 0 Å². The zero-order valence-corrected chi connectivity index (χ0v) is 42.4. The second-order valence-corrected chi connectivity index (χ2v) is 19.0. The monoisotopic (exact) mass is 996 g/mol. The molecule has 0 spiro atoms. The Morgan fingerprint density at radius 2 is 0.359 bits per heavy atom. The van der Waals surface area contributed by atoms with Crippen molar-refractivity contribution in [2.45, 2.75) is 0 Å². The second-order valence-electron chi connectivity index (χ2n) is 19.0.